The van der Waals surface area contributed by atoms with Crippen molar-refractivity contribution >= 4 is 5.78 Å². The molecule has 1 aliphatic rings. The molecule has 0 aromatic rings. The number of hydrogen-bond donors (Lipinski definition) is 1. The zero-order chi connectivity index (χ0) is 11.5. The van der Waals surface area contributed by atoms with Gasteiger partial charge in [-0.25, -0.2) is 0 Å². The van der Waals surface area contributed by atoms with Gasteiger partial charge < -0.3 is 5.11 Å². The van der Waals surface area contributed by atoms with Crippen molar-refractivity contribution in [1.82, 2.24) is 0 Å². The Bertz CT molecular complexity index is 266. The SMILES string of the molecule is C1=C\CCCC\C=C/1.CC(=O)/C=C(/C)O.F.F.F.F.F.F.[Ag]. The third kappa shape index (κ3) is 50.9. The summed E-state index contributed by atoms with van der Waals surface area (Å²) in [6.45, 7) is 2.85. The smallest absolute Gasteiger partial charge is 0.155 e. The van der Waals surface area contributed by atoms with Crippen molar-refractivity contribution in [3.8, 4) is 0 Å². The molecule has 2 nitrogen and oxygen atoms in total. The van der Waals surface area contributed by atoms with E-state index in [1.807, 2.05) is 0 Å². The zero-order valence-electron chi connectivity index (χ0n) is 12.3. The third-order valence-electron chi connectivity index (χ3n) is 1.79. The Morgan fingerprint density at radius 3 is 1.36 bits per heavy atom. The summed E-state index contributed by atoms with van der Waals surface area (Å²) in [5.41, 5.74) is 0. The van der Waals surface area contributed by atoms with Crippen molar-refractivity contribution in [2.24, 2.45) is 0 Å². The molecule has 143 valence electrons. The third-order valence-corrected chi connectivity index (χ3v) is 1.79. The van der Waals surface area contributed by atoms with Gasteiger partial charge in [0.25, 0.3) is 0 Å². The second-order valence-corrected chi connectivity index (χ2v) is 3.54. The molecule has 0 atom stereocenters. The molecule has 0 aromatic carbocycles. The molecule has 22 heavy (non-hydrogen) atoms. The first-order valence-electron chi connectivity index (χ1n) is 5.32. The van der Waals surface area contributed by atoms with Crippen LogP contribution in [0.2, 0.25) is 0 Å². The van der Waals surface area contributed by atoms with Gasteiger partial charge in [0.1, 0.15) is 0 Å². The Kier molecular flexibility index (Phi) is 83.2. The second-order valence-electron chi connectivity index (χ2n) is 3.54. The molecule has 1 rings (SSSR count). The Balaban J connectivity index is -0.0000000227. The summed E-state index contributed by atoms with van der Waals surface area (Å²) in [5, 5.41) is 8.36. The normalized spacial score (nSPS) is 13.8. The molecular weight excluding hydrogens is 410 g/mol. The van der Waals surface area contributed by atoms with Gasteiger partial charge in [-0.2, -0.15) is 0 Å². The molecule has 0 fully saturated rings. The summed E-state index contributed by atoms with van der Waals surface area (Å²) in [7, 11) is 0. The molecule has 0 saturated carbocycles. The van der Waals surface area contributed by atoms with Crippen molar-refractivity contribution in [3.05, 3.63) is 36.1 Å². The maximum Gasteiger partial charge on any atom is 0.155 e. The molecule has 0 bridgehead atoms. The number of carbonyl (C=O) groups is 1. The average Bonchev–Trinajstić information content (AvgIpc) is 1.99. The monoisotopic (exact) mass is 435 g/mol. The van der Waals surface area contributed by atoms with E-state index in [0.717, 1.165) is 0 Å². The van der Waals surface area contributed by atoms with Crippen LogP contribution in [0.15, 0.2) is 36.1 Å². The maximum absolute atomic E-state index is 10.0. The predicted molar refractivity (Wildman–Crippen MR) is 78.8 cm³/mol. The van der Waals surface area contributed by atoms with Crippen LogP contribution in [-0.2, 0) is 27.2 Å². The molecule has 1 N–H and O–H groups in total. The summed E-state index contributed by atoms with van der Waals surface area (Å²) >= 11 is 0. The van der Waals surface area contributed by atoms with Crippen LogP contribution in [0.3, 0.4) is 0 Å². The molecule has 1 aliphatic carbocycles. The Labute approximate surface area is 142 Å². The first-order chi connectivity index (χ1) is 7.13. The molecule has 1 radical (unpaired) electrons. The van der Waals surface area contributed by atoms with E-state index in [2.05, 4.69) is 24.3 Å². The summed E-state index contributed by atoms with van der Waals surface area (Å²) in [6.07, 6.45) is 15.2. The van der Waals surface area contributed by atoms with Gasteiger partial charge in [0.2, 0.25) is 0 Å². The fourth-order valence-electron chi connectivity index (χ4n) is 1.17. The summed E-state index contributed by atoms with van der Waals surface area (Å²) in [6, 6.07) is 0. The second kappa shape index (κ2) is 36.8. The summed E-state index contributed by atoms with van der Waals surface area (Å²) in [5.74, 6) is -0.0625. The summed E-state index contributed by atoms with van der Waals surface area (Å²) in [4.78, 5) is 10.0. The van der Waals surface area contributed by atoms with E-state index in [4.69, 9.17) is 5.11 Å². The van der Waals surface area contributed by atoms with E-state index in [0.29, 0.717) is 0 Å². The van der Waals surface area contributed by atoms with Gasteiger partial charge in [-0.3, -0.25) is 33.0 Å². The van der Waals surface area contributed by atoms with Crippen LogP contribution in [0.4, 0.5) is 28.2 Å². The number of ketones is 1. The number of aliphatic hydroxyl groups is 1. The van der Waals surface area contributed by atoms with Gasteiger partial charge >= 0.3 is 0 Å². The van der Waals surface area contributed by atoms with Gasteiger partial charge in [0.15, 0.2) is 5.78 Å². The van der Waals surface area contributed by atoms with Gasteiger partial charge in [-0.1, -0.05) is 24.3 Å². The molecule has 0 spiro atoms. The van der Waals surface area contributed by atoms with Gasteiger partial charge in [0, 0.05) is 28.5 Å². The number of allylic oxidation sites excluding steroid dienone is 6. The summed E-state index contributed by atoms with van der Waals surface area (Å²) < 4.78 is 0. The van der Waals surface area contributed by atoms with Crippen molar-refractivity contribution < 1.29 is 60.5 Å². The largest absolute Gasteiger partial charge is 0.512 e. The Morgan fingerprint density at radius 2 is 1.18 bits per heavy atom. The number of halogens is 6. The minimum absolute atomic E-state index is 0. The van der Waals surface area contributed by atoms with Crippen LogP contribution in [0, 0.1) is 0 Å². The van der Waals surface area contributed by atoms with E-state index in [1.54, 1.807) is 0 Å². The quantitative estimate of drug-likeness (QED) is 0.282. The maximum atomic E-state index is 10.0. The molecule has 9 heteroatoms. The van der Waals surface area contributed by atoms with Crippen molar-refractivity contribution in [2.45, 2.75) is 39.5 Å². The van der Waals surface area contributed by atoms with E-state index in [9.17, 15) is 4.79 Å². The standard InChI is InChI=1S/C8H12.C5H8O2.Ag.6FH/c1-2-4-6-8-7-5-3-1;1-4(6)3-5(2)7;;;;;;;/h1-4H,5-8H2;3,6H,1-2H3;;6*1H/b3-1-,4-2-;4-3-;;;;;;;. The molecule has 0 aliphatic heterocycles. The molecule has 0 aromatic heterocycles. The van der Waals surface area contributed by atoms with Crippen molar-refractivity contribution in [1.29, 1.82) is 0 Å². The fourth-order valence-corrected chi connectivity index (χ4v) is 1.17. The Hall–Kier alpha value is -0.990. The molecule has 0 saturated heterocycles. The van der Waals surface area contributed by atoms with Gasteiger partial charge in [0.05, 0.1) is 5.76 Å². The zero-order valence-corrected chi connectivity index (χ0v) is 13.8. The first-order valence-corrected chi connectivity index (χ1v) is 5.32. The van der Waals surface area contributed by atoms with Crippen LogP contribution in [-0.4, -0.2) is 10.9 Å². The van der Waals surface area contributed by atoms with Crippen LogP contribution < -0.4 is 0 Å². The number of aliphatic hydroxyl groups excluding tert-OH is 1. The van der Waals surface area contributed by atoms with Crippen molar-refractivity contribution in [3.63, 3.8) is 0 Å². The van der Waals surface area contributed by atoms with E-state index >= 15 is 0 Å². The van der Waals surface area contributed by atoms with E-state index in [-0.39, 0.29) is 62.1 Å². The molecule has 0 amide bonds. The number of carbonyl (C=O) groups excluding carboxylic acids is 1. The topological polar surface area (TPSA) is 37.3 Å². The number of rotatable bonds is 1. The molecule has 0 unspecified atom stereocenters. The van der Waals surface area contributed by atoms with Crippen LogP contribution in [0.1, 0.15) is 39.5 Å². The first kappa shape index (κ1) is 49.7. The molecule has 0 heterocycles. The van der Waals surface area contributed by atoms with E-state index < -0.39 is 0 Å². The minimum atomic E-state index is -0.125. The van der Waals surface area contributed by atoms with Crippen LogP contribution >= 0.6 is 0 Å². The minimum Gasteiger partial charge on any atom is -0.512 e. The average molecular weight is 436 g/mol. The van der Waals surface area contributed by atoms with Crippen molar-refractivity contribution in [2.75, 3.05) is 0 Å². The number of hydrogen-bond acceptors (Lipinski definition) is 2. The van der Waals surface area contributed by atoms with Crippen LogP contribution in [0.25, 0.3) is 0 Å². The van der Waals surface area contributed by atoms with Crippen LogP contribution in [0.5, 0.6) is 0 Å². The van der Waals surface area contributed by atoms with E-state index in [1.165, 1.54) is 45.6 Å². The Morgan fingerprint density at radius 1 is 0.864 bits per heavy atom. The molecular formula is C13H26AgF6O2. The predicted octanol–water partition coefficient (Wildman–Crippen LogP) is 4.62. The fraction of sp³-hybridized carbons (Fsp3) is 0.462. The van der Waals surface area contributed by atoms with Gasteiger partial charge in [-0.15, -0.1) is 0 Å². The van der Waals surface area contributed by atoms with Gasteiger partial charge in [-0.05, 0) is 39.5 Å².